The monoisotopic (exact) mass is 462 g/mol. The maximum atomic E-state index is 12.6. The summed E-state index contributed by atoms with van der Waals surface area (Å²) >= 11 is 15.4. The minimum atomic E-state index is -0.514. The van der Waals surface area contributed by atoms with Crippen molar-refractivity contribution in [3.63, 3.8) is 0 Å². The molecule has 0 aromatic heterocycles. The Morgan fingerprint density at radius 3 is 2.35 bits per heavy atom. The highest BCUT2D eigenvalue weighted by Crippen LogP contribution is 2.28. The van der Waals surface area contributed by atoms with Crippen LogP contribution in [-0.4, -0.2) is 53.5 Å². The van der Waals surface area contributed by atoms with E-state index in [1.807, 2.05) is 25.7 Å². The van der Waals surface area contributed by atoms with Gasteiger partial charge in [-0.25, -0.2) is 4.79 Å². The zero-order chi connectivity index (χ0) is 19.5. The van der Waals surface area contributed by atoms with Crippen LogP contribution in [0, 0.1) is 0 Å². The molecule has 142 valence electrons. The Labute approximate surface area is 172 Å². The molecule has 2 rings (SSSR count). The summed E-state index contributed by atoms with van der Waals surface area (Å²) in [5.41, 5.74) is -0.172. The van der Waals surface area contributed by atoms with E-state index in [1.165, 1.54) is 0 Å². The highest BCUT2D eigenvalue weighted by atomic mass is 79.9. The standard InChI is InChI=1S/C18H21BrCl2N2O3/c1-18(2,3)26-17(25)23-9-7-22(8-10-23)11-13(19)16(24)12-5-4-6-14(20)15(12)21/h4-6,11H,7-10H2,1-3H3/b13-11-. The van der Waals surface area contributed by atoms with Gasteiger partial charge < -0.3 is 14.5 Å². The van der Waals surface area contributed by atoms with Crippen molar-refractivity contribution in [2.24, 2.45) is 0 Å². The van der Waals surface area contributed by atoms with E-state index >= 15 is 0 Å². The average Bonchev–Trinajstić information content (AvgIpc) is 2.55. The predicted octanol–water partition coefficient (Wildman–Crippen LogP) is 4.97. The van der Waals surface area contributed by atoms with E-state index in [4.69, 9.17) is 27.9 Å². The summed E-state index contributed by atoms with van der Waals surface area (Å²) in [4.78, 5) is 28.3. The van der Waals surface area contributed by atoms with Crippen LogP contribution in [0.3, 0.4) is 0 Å². The number of ketones is 1. The number of carbonyl (C=O) groups excluding carboxylic acids is 2. The second-order valence-corrected chi connectivity index (χ2v) is 8.55. The maximum Gasteiger partial charge on any atom is 0.410 e. The fourth-order valence-corrected chi connectivity index (χ4v) is 3.28. The molecule has 0 spiro atoms. The van der Waals surface area contributed by atoms with Gasteiger partial charge in [-0.2, -0.15) is 0 Å². The number of hydrogen-bond acceptors (Lipinski definition) is 4. The molecule has 0 radical (unpaired) electrons. The first-order valence-electron chi connectivity index (χ1n) is 8.16. The third-order valence-corrected chi connectivity index (χ3v) is 5.06. The van der Waals surface area contributed by atoms with Crippen molar-refractivity contribution in [1.29, 1.82) is 0 Å². The Morgan fingerprint density at radius 1 is 1.15 bits per heavy atom. The molecule has 0 aliphatic carbocycles. The van der Waals surface area contributed by atoms with Gasteiger partial charge in [0.15, 0.2) is 0 Å². The van der Waals surface area contributed by atoms with Crippen LogP contribution >= 0.6 is 39.1 Å². The summed E-state index contributed by atoms with van der Waals surface area (Å²) in [6.07, 6.45) is 1.41. The number of Topliss-reactive ketones (excluding diaryl/α,β-unsaturated/α-hetero) is 1. The molecule has 0 unspecified atom stereocenters. The van der Waals surface area contributed by atoms with Gasteiger partial charge in [0.05, 0.1) is 14.5 Å². The first-order valence-corrected chi connectivity index (χ1v) is 9.71. The van der Waals surface area contributed by atoms with Crippen molar-refractivity contribution in [1.82, 2.24) is 9.80 Å². The van der Waals surface area contributed by atoms with E-state index < -0.39 is 5.60 Å². The molecular weight excluding hydrogens is 443 g/mol. The van der Waals surface area contributed by atoms with Crippen molar-refractivity contribution in [2.75, 3.05) is 26.2 Å². The molecule has 0 saturated carbocycles. The van der Waals surface area contributed by atoms with Crippen molar-refractivity contribution in [3.05, 3.63) is 44.5 Å². The minimum Gasteiger partial charge on any atom is -0.444 e. The molecule has 5 nitrogen and oxygen atoms in total. The van der Waals surface area contributed by atoms with Crippen LogP contribution in [0.15, 0.2) is 28.9 Å². The van der Waals surface area contributed by atoms with E-state index in [9.17, 15) is 9.59 Å². The fraction of sp³-hybridized carbons (Fsp3) is 0.444. The number of halogens is 3. The molecule has 0 bridgehead atoms. The van der Waals surface area contributed by atoms with E-state index in [1.54, 1.807) is 29.3 Å². The van der Waals surface area contributed by atoms with Crippen LogP contribution in [0.2, 0.25) is 10.0 Å². The predicted molar refractivity (Wildman–Crippen MR) is 107 cm³/mol. The van der Waals surface area contributed by atoms with Crippen LogP contribution in [-0.2, 0) is 4.74 Å². The first kappa shape index (κ1) is 21.1. The third-order valence-electron chi connectivity index (χ3n) is 3.68. The quantitative estimate of drug-likeness (QED) is 0.469. The van der Waals surface area contributed by atoms with Gasteiger partial charge in [-0.1, -0.05) is 29.3 Å². The molecular formula is C18H21BrCl2N2O3. The lowest BCUT2D eigenvalue weighted by Gasteiger charge is -2.35. The largest absolute Gasteiger partial charge is 0.444 e. The molecule has 1 fully saturated rings. The molecule has 1 heterocycles. The number of benzene rings is 1. The van der Waals surface area contributed by atoms with Gasteiger partial charge in [0.2, 0.25) is 5.78 Å². The van der Waals surface area contributed by atoms with Crippen LogP contribution in [0.4, 0.5) is 4.79 Å². The lowest BCUT2D eigenvalue weighted by molar-refractivity contribution is 0.0176. The summed E-state index contributed by atoms with van der Waals surface area (Å²) in [5.74, 6) is -0.243. The Kier molecular flexibility index (Phi) is 6.99. The normalized spacial score (nSPS) is 15.8. The highest BCUT2D eigenvalue weighted by molar-refractivity contribution is 9.12. The number of carbonyl (C=O) groups is 2. The van der Waals surface area contributed by atoms with Gasteiger partial charge in [0.1, 0.15) is 5.60 Å². The summed E-state index contributed by atoms with van der Waals surface area (Å²) in [6.45, 7) is 7.78. The van der Waals surface area contributed by atoms with Crippen LogP contribution in [0.1, 0.15) is 31.1 Å². The molecule has 1 amide bonds. The topological polar surface area (TPSA) is 49.9 Å². The van der Waals surface area contributed by atoms with Crippen LogP contribution < -0.4 is 0 Å². The number of amides is 1. The lowest BCUT2D eigenvalue weighted by atomic mass is 10.1. The van der Waals surface area contributed by atoms with Crippen LogP contribution in [0.5, 0.6) is 0 Å². The maximum absolute atomic E-state index is 12.6. The van der Waals surface area contributed by atoms with Gasteiger partial charge in [0, 0.05) is 37.9 Å². The molecule has 1 aromatic rings. The number of hydrogen-bond donors (Lipinski definition) is 0. The number of piperazine rings is 1. The Balaban J connectivity index is 1.98. The third kappa shape index (κ3) is 5.63. The number of rotatable bonds is 3. The van der Waals surface area contributed by atoms with Gasteiger partial charge in [0.25, 0.3) is 0 Å². The summed E-state index contributed by atoms with van der Waals surface area (Å²) in [7, 11) is 0. The molecule has 1 aliphatic heterocycles. The molecule has 0 N–H and O–H groups in total. The molecule has 26 heavy (non-hydrogen) atoms. The molecule has 1 aromatic carbocycles. The first-order chi connectivity index (χ1) is 12.1. The highest BCUT2D eigenvalue weighted by Gasteiger charge is 2.25. The van der Waals surface area contributed by atoms with Crippen LogP contribution in [0.25, 0.3) is 0 Å². The Bertz CT molecular complexity index is 724. The summed E-state index contributed by atoms with van der Waals surface area (Å²) < 4.78 is 5.76. The van der Waals surface area contributed by atoms with Gasteiger partial charge in [-0.05, 0) is 48.8 Å². The summed E-state index contributed by atoms with van der Waals surface area (Å²) in [5, 5.41) is 0.572. The second-order valence-electron chi connectivity index (χ2n) is 6.91. The molecule has 1 saturated heterocycles. The molecule has 8 heteroatoms. The summed E-state index contributed by atoms with van der Waals surface area (Å²) in [6, 6.07) is 4.95. The van der Waals surface area contributed by atoms with Gasteiger partial charge in [-0.3, -0.25) is 4.79 Å². The second kappa shape index (κ2) is 8.63. The van der Waals surface area contributed by atoms with E-state index in [0.29, 0.717) is 41.2 Å². The van der Waals surface area contributed by atoms with Crippen molar-refractivity contribution in [2.45, 2.75) is 26.4 Å². The number of nitrogens with zero attached hydrogens (tertiary/aromatic N) is 2. The van der Waals surface area contributed by atoms with E-state index in [2.05, 4.69) is 15.9 Å². The Hall–Kier alpha value is -1.24. The number of ether oxygens (including phenoxy) is 1. The van der Waals surface area contributed by atoms with Gasteiger partial charge >= 0.3 is 6.09 Å². The fourth-order valence-electron chi connectivity index (χ4n) is 2.39. The zero-order valence-electron chi connectivity index (χ0n) is 14.9. The Morgan fingerprint density at radius 2 is 1.77 bits per heavy atom. The number of allylic oxidation sites excluding steroid dienone is 1. The smallest absolute Gasteiger partial charge is 0.410 e. The SMILES string of the molecule is CC(C)(C)OC(=O)N1CCN(/C=C(\Br)C(=O)c2cccc(Cl)c2Cl)CC1. The van der Waals surface area contributed by atoms with Crippen molar-refractivity contribution < 1.29 is 14.3 Å². The minimum absolute atomic E-state index is 0.235. The van der Waals surface area contributed by atoms with E-state index in [0.717, 1.165) is 0 Å². The molecule has 0 atom stereocenters. The van der Waals surface area contributed by atoms with Gasteiger partial charge in [-0.15, -0.1) is 0 Å². The van der Waals surface area contributed by atoms with Crippen molar-refractivity contribution >= 4 is 51.0 Å². The zero-order valence-corrected chi connectivity index (χ0v) is 18.0. The molecule has 1 aliphatic rings. The lowest BCUT2D eigenvalue weighted by Crippen LogP contribution is -2.48. The van der Waals surface area contributed by atoms with Crippen molar-refractivity contribution in [3.8, 4) is 0 Å². The average molecular weight is 464 g/mol. The van der Waals surface area contributed by atoms with E-state index in [-0.39, 0.29) is 16.9 Å².